The molecule has 2 saturated heterocycles. The van der Waals surface area contributed by atoms with Crippen molar-refractivity contribution in [2.75, 3.05) is 26.7 Å². The molecule has 0 N–H and O–H groups in total. The van der Waals surface area contributed by atoms with Crippen LogP contribution in [0.2, 0.25) is 5.02 Å². The Kier molecular flexibility index (Phi) is 5.38. The summed E-state index contributed by atoms with van der Waals surface area (Å²) in [5, 5.41) is 0.614. The molecule has 4 rings (SSSR count). The lowest BCUT2D eigenvalue weighted by Gasteiger charge is -2.28. The van der Waals surface area contributed by atoms with E-state index >= 15 is 0 Å². The first-order valence-electron chi connectivity index (χ1n) is 8.82. The van der Waals surface area contributed by atoms with Crippen LogP contribution in [0, 0.1) is 18.8 Å². The molecule has 6 heteroatoms. The minimum Gasteiger partial charge on any atom is -0.345 e. The van der Waals surface area contributed by atoms with Gasteiger partial charge in [-0.2, -0.15) is 0 Å². The molecule has 2 aliphatic heterocycles. The fraction of sp³-hybridized carbons (Fsp3) is 0.450. The van der Waals surface area contributed by atoms with Crippen LogP contribution in [0.4, 0.5) is 0 Å². The zero-order valence-corrected chi connectivity index (χ0v) is 16.9. The lowest BCUT2D eigenvalue weighted by atomic mass is 9.88. The van der Waals surface area contributed by atoms with E-state index in [0.717, 1.165) is 19.6 Å². The van der Waals surface area contributed by atoms with E-state index in [1.54, 1.807) is 12.3 Å². The molecule has 1 aromatic carbocycles. The van der Waals surface area contributed by atoms with Crippen molar-refractivity contribution in [3.63, 3.8) is 0 Å². The molecule has 0 bridgehead atoms. The number of carbonyl (C=O) groups excluding carboxylic acids is 1. The van der Waals surface area contributed by atoms with Crippen molar-refractivity contribution in [3.05, 3.63) is 58.4 Å². The fourth-order valence-corrected chi connectivity index (χ4v) is 4.96. The quantitative estimate of drug-likeness (QED) is 0.776. The highest BCUT2D eigenvalue weighted by molar-refractivity contribution is 6.31. The number of likely N-dealkylation sites (tertiary alicyclic amines) is 2. The Morgan fingerprint density at radius 3 is 2.54 bits per heavy atom. The number of rotatable bonds is 2. The first-order chi connectivity index (χ1) is 12.0. The van der Waals surface area contributed by atoms with Crippen molar-refractivity contribution >= 4 is 29.9 Å². The maximum Gasteiger partial charge on any atom is 0.270 e. The first-order valence-corrected chi connectivity index (χ1v) is 9.20. The molecule has 2 aromatic rings. The Bertz CT molecular complexity index is 819. The highest BCUT2D eigenvalue weighted by atomic mass is 35.5. The van der Waals surface area contributed by atoms with Gasteiger partial charge in [0.15, 0.2) is 0 Å². The van der Waals surface area contributed by atoms with E-state index < -0.39 is 0 Å². The summed E-state index contributed by atoms with van der Waals surface area (Å²) in [5.41, 5.74) is 3.40. The summed E-state index contributed by atoms with van der Waals surface area (Å²) in [4.78, 5) is 17.4. The molecule has 4 nitrogen and oxygen atoms in total. The van der Waals surface area contributed by atoms with Gasteiger partial charge in [-0.25, -0.2) is 0 Å². The van der Waals surface area contributed by atoms with Gasteiger partial charge in [-0.15, -0.1) is 12.4 Å². The van der Waals surface area contributed by atoms with Crippen LogP contribution in [0.1, 0.15) is 27.7 Å². The van der Waals surface area contributed by atoms with Gasteiger partial charge < -0.3 is 9.47 Å². The van der Waals surface area contributed by atoms with Crippen molar-refractivity contribution in [1.29, 1.82) is 0 Å². The smallest absolute Gasteiger partial charge is 0.270 e. The van der Waals surface area contributed by atoms with Crippen molar-refractivity contribution in [3.8, 4) is 0 Å². The maximum absolute atomic E-state index is 12.9. The molecule has 0 unspecified atom stereocenters. The van der Waals surface area contributed by atoms with Crippen LogP contribution >= 0.6 is 24.0 Å². The third-order valence-electron chi connectivity index (χ3n) is 5.88. The molecule has 1 amide bonds. The Hall–Kier alpha value is -1.49. The van der Waals surface area contributed by atoms with Gasteiger partial charge in [0.05, 0.1) is 5.02 Å². The van der Waals surface area contributed by atoms with E-state index in [1.807, 2.05) is 16.5 Å². The summed E-state index contributed by atoms with van der Waals surface area (Å²) in [6.45, 7) is 4.87. The second-order valence-electron chi connectivity index (χ2n) is 7.53. The number of fused-ring (bicyclic) bond motifs is 1. The van der Waals surface area contributed by atoms with E-state index in [2.05, 4.69) is 43.1 Å². The predicted molar refractivity (Wildman–Crippen MR) is 107 cm³/mol. The zero-order valence-electron chi connectivity index (χ0n) is 15.4. The molecular formula is C20H25Cl2N3O. The number of hydrogen-bond donors (Lipinski definition) is 0. The fourth-order valence-electron chi connectivity index (χ4n) is 4.71. The predicted octanol–water partition coefficient (Wildman–Crippen LogP) is 3.78. The summed E-state index contributed by atoms with van der Waals surface area (Å²) in [5.74, 6) is 1.12. The van der Waals surface area contributed by atoms with Crippen LogP contribution in [0.5, 0.6) is 0 Å². The Labute approximate surface area is 166 Å². The van der Waals surface area contributed by atoms with Crippen LogP contribution in [0.3, 0.4) is 0 Å². The molecule has 2 aliphatic rings. The van der Waals surface area contributed by atoms with E-state index in [1.165, 1.54) is 11.1 Å². The minimum atomic E-state index is 0. The summed E-state index contributed by atoms with van der Waals surface area (Å²) in [6.07, 6.45) is 1.79. The Morgan fingerprint density at radius 2 is 1.88 bits per heavy atom. The highest BCUT2D eigenvalue weighted by Gasteiger charge is 2.47. The Morgan fingerprint density at radius 1 is 1.15 bits per heavy atom. The van der Waals surface area contributed by atoms with E-state index in [0.29, 0.717) is 28.6 Å². The van der Waals surface area contributed by atoms with Crippen molar-refractivity contribution in [1.82, 2.24) is 14.4 Å². The van der Waals surface area contributed by atoms with Gasteiger partial charge in [0, 0.05) is 44.8 Å². The molecule has 0 spiro atoms. The molecule has 0 saturated carbocycles. The topological polar surface area (TPSA) is 28.5 Å². The van der Waals surface area contributed by atoms with Gasteiger partial charge in [0.1, 0.15) is 5.69 Å². The number of nitrogens with zero attached hydrogens (tertiary/aromatic N) is 3. The summed E-state index contributed by atoms with van der Waals surface area (Å²) in [7, 11) is 4.08. The average Bonchev–Trinajstić information content (AvgIpc) is 3.20. The second-order valence-corrected chi connectivity index (χ2v) is 7.97. The van der Waals surface area contributed by atoms with Crippen LogP contribution in [0.15, 0.2) is 36.5 Å². The van der Waals surface area contributed by atoms with Gasteiger partial charge in [0.25, 0.3) is 5.91 Å². The number of hydrogen-bond acceptors (Lipinski definition) is 2. The number of halogens is 2. The molecule has 3 heterocycles. The normalized spacial score (nSPS) is 25.2. The van der Waals surface area contributed by atoms with Crippen LogP contribution in [-0.4, -0.2) is 47.0 Å². The van der Waals surface area contributed by atoms with Gasteiger partial charge >= 0.3 is 0 Å². The summed E-state index contributed by atoms with van der Waals surface area (Å²) in [6, 6.07) is 10.8. The van der Waals surface area contributed by atoms with Gasteiger partial charge in [-0.1, -0.05) is 35.9 Å². The molecule has 3 atom stereocenters. The molecule has 26 heavy (non-hydrogen) atoms. The molecular weight excluding hydrogens is 369 g/mol. The lowest BCUT2D eigenvalue weighted by Crippen LogP contribution is -2.34. The van der Waals surface area contributed by atoms with Crippen LogP contribution < -0.4 is 0 Å². The molecule has 140 valence electrons. The van der Waals surface area contributed by atoms with E-state index in [4.69, 9.17) is 11.6 Å². The standard InChI is InChI=1S/C20H24ClN3O.ClH/c1-13-6-4-5-7-16(13)19-17-12-24(10-14(17)9-23(19)3)20(25)18-8-15(21)11-22(18)2;/h4-8,11,14,17,19H,9-10,12H2,1-3H3;1H/t14-,17+,19+;/m0./s1. The molecule has 0 radical (unpaired) electrons. The average molecular weight is 394 g/mol. The molecule has 2 fully saturated rings. The summed E-state index contributed by atoms with van der Waals surface area (Å²) >= 11 is 6.05. The molecule has 1 aromatic heterocycles. The zero-order chi connectivity index (χ0) is 17.7. The molecule has 0 aliphatic carbocycles. The number of amides is 1. The van der Waals surface area contributed by atoms with Gasteiger partial charge in [0.2, 0.25) is 0 Å². The number of benzene rings is 1. The minimum absolute atomic E-state index is 0. The van der Waals surface area contributed by atoms with Gasteiger partial charge in [-0.3, -0.25) is 9.69 Å². The van der Waals surface area contributed by atoms with Crippen molar-refractivity contribution in [2.24, 2.45) is 18.9 Å². The van der Waals surface area contributed by atoms with Crippen LogP contribution in [-0.2, 0) is 7.05 Å². The SMILES string of the molecule is Cc1ccccc1[C@@H]1[C@@H]2CN(C(=O)c3cc(Cl)cn3C)C[C@@H]2CN1C.Cl. The maximum atomic E-state index is 12.9. The largest absolute Gasteiger partial charge is 0.345 e. The lowest BCUT2D eigenvalue weighted by molar-refractivity contribution is 0.0758. The monoisotopic (exact) mass is 393 g/mol. The van der Waals surface area contributed by atoms with Crippen LogP contribution in [0.25, 0.3) is 0 Å². The van der Waals surface area contributed by atoms with Gasteiger partial charge in [-0.05, 0) is 37.1 Å². The van der Waals surface area contributed by atoms with Crippen molar-refractivity contribution < 1.29 is 4.79 Å². The third kappa shape index (κ3) is 3.15. The highest BCUT2D eigenvalue weighted by Crippen LogP contribution is 2.45. The van der Waals surface area contributed by atoms with Crippen molar-refractivity contribution in [2.45, 2.75) is 13.0 Å². The first kappa shape index (κ1) is 19.3. The number of aromatic nitrogens is 1. The number of aryl methyl sites for hydroxylation is 2. The Balaban J connectivity index is 0.00000196. The van der Waals surface area contributed by atoms with E-state index in [-0.39, 0.29) is 18.3 Å². The second kappa shape index (κ2) is 7.26. The summed E-state index contributed by atoms with van der Waals surface area (Å²) < 4.78 is 1.82. The van der Waals surface area contributed by atoms with E-state index in [9.17, 15) is 4.79 Å². The number of carbonyl (C=O) groups is 1. The third-order valence-corrected chi connectivity index (χ3v) is 6.09.